The Kier molecular flexibility index (Phi) is 7.12. The zero-order valence-electron chi connectivity index (χ0n) is 18.7. The van der Waals surface area contributed by atoms with Crippen molar-refractivity contribution >= 4 is 23.5 Å². The standard InChI is InChI=1S/C25H28N2O6/c1-17-2-4-18(5-3-17)6-9-23(28)26-10-11-33-25(30)19-14-24(29)27(16-19)20-7-8-21-22(15-20)32-13-12-31-21/h2-5,7-8,15,19H,6,9-14,16H2,1H3,(H,26,28). The molecule has 1 unspecified atom stereocenters. The van der Waals surface area contributed by atoms with Crippen LogP contribution in [0.3, 0.4) is 0 Å². The number of carbonyl (C=O) groups excluding carboxylic acids is 3. The fraction of sp³-hybridized carbons (Fsp3) is 0.400. The van der Waals surface area contributed by atoms with Crippen LogP contribution in [0.4, 0.5) is 5.69 Å². The number of anilines is 1. The van der Waals surface area contributed by atoms with Gasteiger partial charge in [0.1, 0.15) is 19.8 Å². The first-order chi connectivity index (χ1) is 16.0. The van der Waals surface area contributed by atoms with Crippen molar-refractivity contribution in [1.82, 2.24) is 5.32 Å². The maximum atomic E-state index is 12.5. The highest BCUT2D eigenvalue weighted by atomic mass is 16.6. The van der Waals surface area contributed by atoms with Gasteiger partial charge in [-0.05, 0) is 31.0 Å². The fourth-order valence-corrected chi connectivity index (χ4v) is 3.88. The Morgan fingerprint density at radius 3 is 2.64 bits per heavy atom. The van der Waals surface area contributed by atoms with Crippen molar-refractivity contribution < 1.29 is 28.6 Å². The lowest BCUT2D eigenvalue weighted by molar-refractivity contribution is -0.148. The Morgan fingerprint density at radius 1 is 1.09 bits per heavy atom. The highest BCUT2D eigenvalue weighted by Crippen LogP contribution is 2.36. The van der Waals surface area contributed by atoms with Gasteiger partial charge in [-0.15, -0.1) is 0 Å². The first-order valence-electron chi connectivity index (χ1n) is 11.2. The van der Waals surface area contributed by atoms with Crippen molar-refractivity contribution in [2.24, 2.45) is 5.92 Å². The van der Waals surface area contributed by atoms with E-state index in [4.69, 9.17) is 14.2 Å². The van der Waals surface area contributed by atoms with Gasteiger partial charge in [-0.2, -0.15) is 0 Å². The van der Waals surface area contributed by atoms with Gasteiger partial charge in [0.2, 0.25) is 11.8 Å². The smallest absolute Gasteiger partial charge is 0.311 e. The summed E-state index contributed by atoms with van der Waals surface area (Å²) in [6.45, 7) is 3.54. The minimum absolute atomic E-state index is 0.0732. The molecule has 2 aromatic carbocycles. The highest BCUT2D eigenvalue weighted by molar-refractivity contribution is 5.99. The van der Waals surface area contributed by atoms with Crippen LogP contribution in [-0.2, 0) is 25.5 Å². The van der Waals surface area contributed by atoms with Crippen LogP contribution in [0.2, 0.25) is 0 Å². The van der Waals surface area contributed by atoms with Gasteiger partial charge in [-0.25, -0.2) is 0 Å². The van der Waals surface area contributed by atoms with Crippen LogP contribution in [0.5, 0.6) is 11.5 Å². The molecule has 1 fully saturated rings. The molecule has 0 bridgehead atoms. The number of aryl methyl sites for hydroxylation is 2. The van der Waals surface area contributed by atoms with E-state index in [1.54, 1.807) is 23.1 Å². The second-order valence-electron chi connectivity index (χ2n) is 8.24. The zero-order valence-corrected chi connectivity index (χ0v) is 18.7. The van der Waals surface area contributed by atoms with E-state index in [9.17, 15) is 14.4 Å². The summed E-state index contributed by atoms with van der Waals surface area (Å²) in [6.07, 6.45) is 1.13. The molecule has 0 radical (unpaired) electrons. The van der Waals surface area contributed by atoms with Crippen molar-refractivity contribution in [2.75, 3.05) is 37.8 Å². The molecule has 2 heterocycles. The number of esters is 1. The molecular weight excluding hydrogens is 424 g/mol. The molecule has 33 heavy (non-hydrogen) atoms. The monoisotopic (exact) mass is 452 g/mol. The SMILES string of the molecule is Cc1ccc(CCC(=O)NCCOC(=O)C2CC(=O)N(c3ccc4c(c3)OCCO4)C2)cc1. The van der Waals surface area contributed by atoms with Crippen LogP contribution in [-0.4, -0.2) is 50.7 Å². The molecule has 1 N–H and O–H groups in total. The molecule has 0 saturated carbocycles. The van der Waals surface area contributed by atoms with Gasteiger partial charge in [0.05, 0.1) is 12.5 Å². The molecule has 4 rings (SSSR count). The Morgan fingerprint density at radius 2 is 1.85 bits per heavy atom. The third kappa shape index (κ3) is 5.83. The molecule has 0 aliphatic carbocycles. The van der Waals surface area contributed by atoms with Gasteiger partial charge in [0.15, 0.2) is 11.5 Å². The Bertz CT molecular complexity index is 1020. The third-order valence-electron chi connectivity index (χ3n) is 5.73. The second kappa shape index (κ2) is 10.4. The van der Waals surface area contributed by atoms with Crippen molar-refractivity contribution in [3.8, 4) is 11.5 Å². The van der Waals surface area contributed by atoms with Gasteiger partial charge >= 0.3 is 5.97 Å². The predicted octanol–water partition coefficient (Wildman–Crippen LogP) is 2.41. The molecule has 2 aliphatic rings. The van der Waals surface area contributed by atoms with E-state index in [1.165, 1.54) is 5.56 Å². The number of ether oxygens (including phenoxy) is 3. The van der Waals surface area contributed by atoms with Gasteiger partial charge in [0.25, 0.3) is 0 Å². The third-order valence-corrected chi connectivity index (χ3v) is 5.73. The molecule has 2 amide bonds. The van der Waals surface area contributed by atoms with Crippen molar-refractivity contribution in [3.05, 3.63) is 53.6 Å². The Labute approximate surface area is 192 Å². The van der Waals surface area contributed by atoms with Gasteiger partial charge in [-0.1, -0.05) is 29.8 Å². The van der Waals surface area contributed by atoms with Crippen molar-refractivity contribution in [3.63, 3.8) is 0 Å². The number of nitrogens with one attached hydrogen (secondary N) is 1. The number of fused-ring (bicyclic) bond motifs is 1. The molecule has 0 aromatic heterocycles. The van der Waals surface area contributed by atoms with Crippen LogP contribution in [0, 0.1) is 12.8 Å². The highest BCUT2D eigenvalue weighted by Gasteiger charge is 2.36. The minimum atomic E-state index is -0.539. The summed E-state index contributed by atoms with van der Waals surface area (Å²) in [6, 6.07) is 13.4. The van der Waals surface area contributed by atoms with Crippen molar-refractivity contribution in [2.45, 2.75) is 26.2 Å². The number of nitrogens with zero attached hydrogens (tertiary/aromatic N) is 1. The van der Waals surface area contributed by atoms with E-state index in [0.717, 1.165) is 5.56 Å². The van der Waals surface area contributed by atoms with E-state index >= 15 is 0 Å². The minimum Gasteiger partial charge on any atom is -0.486 e. The van der Waals surface area contributed by atoms with Gasteiger partial charge in [0, 0.05) is 31.1 Å². The lowest BCUT2D eigenvalue weighted by atomic mass is 10.1. The van der Waals surface area contributed by atoms with E-state index in [0.29, 0.717) is 43.2 Å². The average molecular weight is 453 g/mol. The fourth-order valence-electron chi connectivity index (χ4n) is 3.88. The van der Waals surface area contributed by atoms with Crippen LogP contribution in [0.25, 0.3) is 0 Å². The van der Waals surface area contributed by atoms with Crippen LogP contribution >= 0.6 is 0 Å². The molecule has 1 atom stereocenters. The molecule has 8 nitrogen and oxygen atoms in total. The van der Waals surface area contributed by atoms with E-state index in [-0.39, 0.29) is 37.9 Å². The summed E-state index contributed by atoms with van der Waals surface area (Å²) < 4.78 is 16.4. The van der Waals surface area contributed by atoms with Gasteiger partial charge in [-0.3, -0.25) is 14.4 Å². The van der Waals surface area contributed by atoms with Crippen LogP contribution < -0.4 is 19.7 Å². The molecular formula is C25H28N2O6. The maximum Gasteiger partial charge on any atom is 0.311 e. The Hall–Kier alpha value is -3.55. The number of benzene rings is 2. The van der Waals surface area contributed by atoms with E-state index in [2.05, 4.69) is 5.32 Å². The van der Waals surface area contributed by atoms with Gasteiger partial charge < -0.3 is 24.4 Å². The molecule has 174 valence electrons. The van der Waals surface area contributed by atoms with Crippen molar-refractivity contribution in [1.29, 1.82) is 0 Å². The van der Waals surface area contributed by atoms with E-state index < -0.39 is 11.9 Å². The second-order valence-corrected chi connectivity index (χ2v) is 8.24. The summed E-state index contributed by atoms with van der Waals surface area (Å²) in [7, 11) is 0. The predicted molar refractivity (Wildman–Crippen MR) is 121 cm³/mol. The first kappa shape index (κ1) is 22.6. The molecule has 1 saturated heterocycles. The molecule has 8 heteroatoms. The van der Waals surface area contributed by atoms with E-state index in [1.807, 2.05) is 31.2 Å². The lowest BCUT2D eigenvalue weighted by Gasteiger charge is -2.22. The normalized spacial score (nSPS) is 17.1. The molecule has 2 aliphatic heterocycles. The summed E-state index contributed by atoms with van der Waals surface area (Å²) in [5, 5.41) is 2.76. The van der Waals surface area contributed by atoms with Crippen LogP contribution in [0.15, 0.2) is 42.5 Å². The number of rotatable bonds is 8. The quantitative estimate of drug-likeness (QED) is 0.488. The number of carbonyl (C=O) groups is 3. The summed E-state index contributed by atoms with van der Waals surface area (Å²) >= 11 is 0. The molecule has 2 aromatic rings. The summed E-state index contributed by atoms with van der Waals surface area (Å²) in [5.74, 6) is 0.0370. The maximum absolute atomic E-state index is 12.5. The zero-order chi connectivity index (χ0) is 23.2. The average Bonchev–Trinajstić information content (AvgIpc) is 3.22. The number of amides is 2. The topological polar surface area (TPSA) is 94.2 Å². The largest absolute Gasteiger partial charge is 0.486 e. The molecule has 0 spiro atoms. The Balaban J connectivity index is 1.18. The number of hydrogen-bond acceptors (Lipinski definition) is 6. The lowest BCUT2D eigenvalue weighted by Crippen LogP contribution is -2.30. The summed E-state index contributed by atoms with van der Waals surface area (Å²) in [5.41, 5.74) is 2.96. The number of hydrogen-bond donors (Lipinski definition) is 1. The van der Waals surface area contributed by atoms with Crippen LogP contribution in [0.1, 0.15) is 24.0 Å². The first-order valence-corrected chi connectivity index (χ1v) is 11.2. The summed E-state index contributed by atoms with van der Waals surface area (Å²) in [4.78, 5) is 38.5.